The molecule has 2 heterocycles. The van der Waals surface area contributed by atoms with E-state index in [-0.39, 0.29) is 22.1 Å². The summed E-state index contributed by atoms with van der Waals surface area (Å²) in [5.74, 6) is -1.29. The molecule has 0 radical (unpaired) electrons. The SMILES string of the molecule is O=C(O)c1ccc(C2CC2)c(S(=O)(=O)Cc2cc(-c3ccns3)c(Cl)cc2-n2cccc2)c1. The zero-order valence-corrected chi connectivity index (χ0v) is 19.7. The number of aromatic carboxylic acids is 1. The van der Waals surface area contributed by atoms with Gasteiger partial charge in [0.2, 0.25) is 0 Å². The predicted octanol–water partition coefficient (Wildman–Crippen LogP) is 5.80. The molecule has 1 fully saturated rings. The third kappa shape index (κ3) is 4.34. The summed E-state index contributed by atoms with van der Waals surface area (Å²) in [6, 6.07) is 13.5. The van der Waals surface area contributed by atoms with Gasteiger partial charge in [-0.1, -0.05) is 17.7 Å². The number of sulfone groups is 1. The van der Waals surface area contributed by atoms with E-state index in [1.54, 1.807) is 24.4 Å². The van der Waals surface area contributed by atoms with Crippen molar-refractivity contribution in [3.8, 4) is 16.1 Å². The van der Waals surface area contributed by atoms with Gasteiger partial charge in [0.05, 0.1) is 31.8 Å². The van der Waals surface area contributed by atoms with Crippen molar-refractivity contribution in [2.75, 3.05) is 0 Å². The molecule has 0 atom stereocenters. The van der Waals surface area contributed by atoms with Crippen molar-refractivity contribution in [1.82, 2.24) is 8.94 Å². The second-order valence-corrected chi connectivity index (χ2v) is 11.2. The summed E-state index contributed by atoms with van der Waals surface area (Å²) in [6.45, 7) is 0. The van der Waals surface area contributed by atoms with Gasteiger partial charge in [0.1, 0.15) is 0 Å². The maximum Gasteiger partial charge on any atom is 0.335 e. The fourth-order valence-electron chi connectivity index (χ4n) is 3.95. The zero-order valence-electron chi connectivity index (χ0n) is 17.3. The van der Waals surface area contributed by atoms with Crippen LogP contribution in [-0.4, -0.2) is 28.4 Å². The van der Waals surface area contributed by atoms with Crippen LogP contribution in [0.25, 0.3) is 16.1 Å². The van der Waals surface area contributed by atoms with Crippen LogP contribution in [0.1, 0.15) is 40.2 Å². The molecule has 6 nitrogen and oxygen atoms in total. The summed E-state index contributed by atoms with van der Waals surface area (Å²) >= 11 is 7.86. The average Bonchev–Trinajstić information content (AvgIpc) is 3.24. The Labute approximate surface area is 200 Å². The number of carboxylic acids is 1. The van der Waals surface area contributed by atoms with Gasteiger partial charge >= 0.3 is 5.97 Å². The number of aromatic nitrogens is 2. The molecule has 1 aliphatic rings. The van der Waals surface area contributed by atoms with Gasteiger partial charge in [-0.25, -0.2) is 17.6 Å². The molecule has 0 saturated heterocycles. The van der Waals surface area contributed by atoms with Crippen LogP contribution in [0.4, 0.5) is 0 Å². The van der Waals surface area contributed by atoms with E-state index in [0.29, 0.717) is 27.4 Å². The van der Waals surface area contributed by atoms with Crippen molar-refractivity contribution >= 4 is 38.9 Å². The first-order chi connectivity index (χ1) is 15.8. The molecule has 0 bridgehead atoms. The van der Waals surface area contributed by atoms with Crippen molar-refractivity contribution in [1.29, 1.82) is 0 Å². The summed E-state index contributed by atoms with van der Waals surface area (Å²) in [5, 5.41) is 9.93. The third-order valence-electron chi connectivity index (χ3n) is 5.71. The molecule has 5 rings (SSSR count). The minimum Gasteiger partial charge on any atom is -0.478 e. The molecular weight excluding hydrogens is 480 g/mol. The Bertz CT molecular complexity index is 1440. The second-order valence-electron chi connectivity index (χ2n) is 8.02. The quantitative estimate of drug-likeness (QED) is 0.347. The first-order valence-electron chi connectivity index (χ1n) is 10.3. The van der Waals surface area contributed by atoms with E-state index in [0.717, 1.165) is 17.7 Å². The number of hydrogen-bond acceptors (Lipinski definition) is 5. The first kappa shape index (κ1) is 21.9. The zero-order chi connectivity index (χ0) is 23.2. The maximum absolute atomic E-state index is 13.7. The van der Waals surface area contributed by atoms with Gasteiger partial charge in [-0.15, -0.1) is 0 Å². The lowest BCUT2D eigenvalue weighted by molar-refractivity contribution is 0.0696. The van der Waals surface area contributed by atoms with Crippen LogP contribution >= 0.6 is 23.1 Å². The van der Waals surface area contributed by atoms with Crippen molar-refractivity contribution in [3.05, 3.63) is 88.8 Å². The molecule has 4 aromatic rings. The highest BCUT2D eigenvalue weighted by atomic mass is 35.5. The molecule has 1 aliphatic carbocycles. The maximum atomic E-state index is 13.7. The Morgan fingerprint density at radius 3 is 2.55 bits per heavy atom. The van der Waals surface area contributed by atoms with E-state index in [2.05, 4.69) is 4.37 Å². The smallest absolute Gasteiger partial charge is 0.335 e. The van der Waals surface area contributed by atoms with E-state index in [4.69, 9.17) is 11.6 Å². The number of benzene rings is 2. The Kier molecular flexibility index (Phi) is 5.60. The third-order valence-corrected chi connectivity index (χ3v) is 8.52. The van der Waals surface area contributed by atoms with Crippen LogP contribution in [0.15, 0.2) is 72.0 Å². The summed E-state index contributed by atoms with van der Waals surface area (Å²) in [6.07, 6.45) is 7.13. The van der Waals surface area contributed by atoms with Crippen LogP contribution in [-0.2, 0) is 15.6 Å². The van der Waals surface area contributed by atoms with Crippen molar-refractivity contribution in [2.24, 2.45) is 0 Å². The number of nitrogens with zero attached hydrogens (tertiary/aromatic N) is 2. The standard InChI is InChI=1S/C24H19ClN2O4S2/c25-20-13-21(27-9-1-2-10-27)17(11-19(20)22-7-8-26-32-22)14-33(30,31)23-12-16(24(28)29)5-6-18(23)15-3-4-15/h1-2,5-13,15H,3-4,14H2,(H,28,29). The molecule has 33 heavy (non-hydrogen) atoms. The number of carboxylic acid groups (broad SMARTS) is 1. The van der Waals surface area contributed by atoms with E-state index >= 15 is 0 Å². The molecule has 0 aliphatic heterocycles. The van der Waals surface area contributed by atoms with Crippen LogP contribution in [0, 0.1) is 0 Å². The molecule has 9 heteroatoms. The van der Waals surface area contributed by atoms with E-state index in [1.807, 2.05) is 35.2 Å². The van der Waals surface area contributed by atoms with Crippen molar-refractivity contribution < 1.29 is 18.3 Å². The molecule has 1 N–H and O–H groups in total. The predicted molar refractivity (Wildman–Crippen MR) is 128 cm³/mol. The number of halogens is 1. The van der Waals surface area contributed by atoms with Crippen LogP contribution in [0.2, 0.25) is 5.02 Å². The molecule has 0 amide bonds. The number of rotatable bonds is 7. The van der Waals surface area contributed by atoms with Crippen LogP contribution < -0.4 is 0 Å². The summed E-state index contributed by atoms with van der Waals surface area (Å²) < 4.78 is 33.3. The highest BCUT2D eigenvalue weighted by Crippen LogP contribution is 2.44. The van der Waals surface area contributed by atoms with Crippen LogP contribution in [0.5, 0.6) is 0 Å². The minimum absolute atomic E-state index is 0.0370. The fraction of sp³-hybridized carbons (Fsp3) is 0.167. The van der Waals surface area contributed by atoms with Gasteiger partial charge in [-0.3, -0.25) is 0 Å². The molecule has 2 aromatic heterocycles. The van der Waals surface area contributed by atoms with E-state index in [1.165, 1.54) is 23.7 Å². The van der Waals surface area contributed by atoms with Gasteiger partial charge in [0.25, 0.3) is 0 Å². The van der Waals surface area contributed by atoms with Crippen LogP contribution in [0.3, 0.4) is 0 Å². The summed E-state index contributed by atoms with van der Waals surface area (Å²) in [4.78, 5) is 12.5. The molecule has 0 spiro atoms. The highest BCUT2D eigenvalue weighted by Gasteiger charge is 2.32. The van der Waals surface area contributed by atoms with E-state index in [9.17, 15) is 18.3 Å². The van der Waals surface area contributed by atoms with Crippen molar-refractivity contribution in [2.45, 2.75) is 29.4 Å². The first-order valence-corrected chi connectivity index (χ1v) is 13.1. The number of hydrogen-bond donors (Lipinski definition) is 1. The lowest BCUT2D eigenvalue weighted by atomic mass is 10.1. The highest BCUT2D eigenvalue weighted by molar-refractivity contribution is 7.90. The lowest BCUT2D eigenvalue weighted by Gasteiger charge is -2.16. The van der Waals surface area contributed by atoms with Crippen molar-refractivity contribution in [3.63, 3.8) is 0 Å². The summed E-state index contributed by atoms with van der Waals surface area (Å²) in [5.41, 5.74) is 2.59. The Morgan fingerprint density at radius 1 is 1.15 bits per heavy atom. The molecule has 168 valence electrons. The second kappa shape index (κ2) is 8.44. The lowest BCUT2D eigenvalue weighted by Crippen LogP contribution is -2.12. The molecule has 2 aromatic carbocycles. The molecule has 0 unspecified atom stereocenters. The van der Waals surface area contributed by atoms with Gasteiger partial charge in [0, 0.05) is 24.2 Å². The van der Waals surface area contributed by atoms with Gasteiger partial charge in [0.15, 0.2) is 9.84 Å². The minimum atomic E-state index is -3.85. The number of carbonyl (C=O) groups is 1. The van der Waals surface area contributed by atoms with E-state index < -0.39 is 15.8 Å². The van der Waals surface area contributed by atoms with Gasteiger partial charge in [-0.05, 0) is 83.9 Å². The van der Waals surface area contributed by atoms with Gasteiger partial charge in [-0.2, -0.15) is 0 Å². The van der Waals surface area contributed by atoms with Gasteiger partial charge < -0.3 is 9.67 Å². The molecular formula is C24H19ClN2O4S2. The fourth-order valence-corrected chi connectivity index (χ4v) is 6.59. The molecule has 1 saturated carbocycles. The topological polar surface area (TPSA) is 89.3 Å². The normalized spacial score (nSPS) is 13.8. The Balaban J connectivity index is 1.65. The Hall–Kier alpha value is -2.94. The summed E-state index contributed by atoms with van der Waals surface area (Å²) in [7, 11) is -3.85. The monoisotopic (exact) mass is 498 g/mol. The largest absolute Gasteiger partial charge is 0.478 e. The Morgan fingerprint density at radius 2 is 1.91 bits per heavy atom. The average molecular weight is 499 g/mol.